The highest BCUT2D eigenvalue weighted by molar-refractivity contribution is 5.12. The van der Waals surface area contributed by atoms with Crippen molar-refractivity contribution in [2.45, 2.75) is 19.9 Å². The van der Waals surface area contributed by atoms with Gasteiger partial charge >= 0.3 is 0 Å². The molecule has 0 radical (unpaired) electrons. The monoisotopic (exact) mass is 183 g/mol. The smallest absolute Gasteiger partial charge is 0.0882 e. The van der Waals surface area contributed by atoms with Crippen molar-refractivity contribution in [1.29, 1.82) is 0 Å². The second-order valence-corrected chi connectivity index (χ2v) is 2.53. The Hall–Kier alpha value is -1.02. The fourth-order valence-electron chi connectivity index (χ4n) is 0.974. The van der Waals surface area contributed by atoms with E-state index in [1.807, 2.05) is 38.1 Å². The largest absolute Gasteiger partial charge is 0.401 e. The number of likely N-dealkylation sites (N-methyl/N-ethyl adjacent to an activating group) is 1. The summed E-state index contributed by atoms with van der Waals surface area (Å²) in [6.07, 6.45) is 3.81. The van der Waals surface area contributed by atoms with E-state index >= 15 is 0 Å². The van der Waals surface area contributed by atoms with Gasteiger partial charge < -0.3 is 5.73 Å². The van der Waals surface area contributed by atoms with Gasteiger partial charge in [-0.2, -0.15) is 0 Å². The van der Waals surface area contributed by atoms with Crippen molar-refractivity contribution in [3.63, 3.8) is 0 Å². The van der Waals surface area contributed by atoms with Crippen molar-refractivity contribution in [3.8, 4) is 0 Å². The molecule has 3 N–H and O–H groups in total. The molecule has 1 aliphatic heterocycles. The zero-order valence-electron chi connectivity index (χ0n) is 8.67. The fraction of sp³-hybridized carbons (Fsp3) is 0.500. The van der Waals surface area contributed by atoms with Gasteiger partial charge in [0, 0.05) is 20.7 Å². The third kappa shape index (κ3) is 3.95. The van der Waals surface area contributed by atoms with Crippen LogP contribution in [0.25, 0.3) is 0 Å². The first-order valence-electron chi connectivity index (χ1n) is 4.53. The van der Waals surface area contributed by atoms with Crippen molar-refractivity contribution < 1.29 is 1.43 Å². The average Bonchev–Trinajstić information content (AvgIpc) is 2.33. The second kappa shape index (κ2) is 6.49. The number of rotatable bonds is 1. The standard InChI is InChI=1S/C8H13N3.C2H6.H2/c1-7(9)8-5-3-4-6-10-11(8)2;1-2;/h4-5,8,10H,1,6,9H2,2H3;1-2H3;1H. The van der Waals surface area contributed by atoms with E-state index in [1.54, 1.807) is 0 Å². The summed E-state index contributed by atoms with van der Waals surface area (Å²) < 4.78 is 0. The molecule has 0 spiro atoms. The molecule has 0 aromatic heterocycles. The summed E-state index contributed by atoms with van der Waals surface area (Å²) in [4.78, 5) is 0. The van der Waals surface area contributed by atoms with Crippen molar-refractivity contribution in [3.05, 3.63) is 30.2 Å². The first kappa shape index (κ1) is 12.0. The van der Waals surface area contributed by atoms with Crippen LogP contribution in [-0.4, -0.2) is 24.6 Å². The molecule has 0 saturated carbocycles. The van der Waals surface area contributed by atoms with E-state index in [9.17, 15) is 0 Å². The van der Waals surface area contributed by atoms with Crippen molar-refractivity contribution in [1.82, 2.24) is 10.4 Å². The topological polar surface area (TPSA) is 41.3 Å². The molecule has 3 nitrogen and oxygen atoms in total. The van der Waals surface area contributed by atoms with Gasteiger partial charge in [-0.05, 0) is 12.2 Å². The molecule has 0 bridgehead atoms. The van der Waals surface area contributed by atoms with Crippen LogP contribution in [0.5, 0.6) is 0 Å². The Labute approximate surface area is 82.1 Å². The summed E-state index contributed by atoms with van der Waals surface area (Å²) >= 11 is 0. The van der Waals surface area contributed by atoms with Crippen LogP contribution in [0.2, 0.25) is 0 Å². The van der Waals surface area contributed by atoms with Gasteiger partial charge in [-0.15, -0.1) is 5.73 Å². The lowest BCUT2D eigenvalue weighted by Gasteiger charge is -2.23. The van der Waals surface area contributed by atoms with E-state index in [-0.39, 0.29) is 7.47 Å². The second-order valence-electron chi connectivity index (χ2n) is 2.53. The first-order chi connectivity index (χ1) is 6.22. The Morgan fingerprint density at radius 3 is 2.92 bits per heavy atom. The highest BCUT2D eigenvalue weighted by atomic mass is 15.5. The van der Waals surface area contributed by atoms with E-state index in [4.69, 9.17) is 5.73 Å². The fourth-order valence-corrected chi connectivity index (χ4v) is 0.974. The summed E-state index contributed by atoms with van der Waals surface area (Å²) in [5.74, 6) is 0. The summed E-state index contributed by atoms with van der Waals surface area (Å²) in [6, 6.07) is 0.0498. The quantitative estimate of drug-likeness (QED) is 0.601. The zero-order valence-corrected chi connectivity index (χ0v) is 8.67. The molecule has 1 unspecified atom stereocenters. The van der Waals surface area contributed by atoms with Crippen LogP contribution in [0.15, 0.2) is 30.2 Å². The highest BCUT2D eigenvalue weighted by Gasteiger charge is 2.12. The normalized spacial score (nSPS) is 21.6. The van der Waals surface area contributed by atoms with Gasteiger partial charge in [0.1, 0.15) is 0 Å². The molecular formula is C10H21N3. The molecule has 1 atom stereocenters. The Bertz CT molecular complexity index is 219. The maximum atomic E-state index is 5.57. The van der Waals surface area contributed by atoms with E-state index in [0.29, 0.717) is 5.70 Å². The third-order valence-electron chi connectivity index (χ3n) is 1.61. The van der Waals surface area contributed by atoms with Gasteiger partial charge in [0.2, 0.25) is 0 Å². The zero-order chi connectivity index (χ0) is 10.3. The SMILES string of the molecule is C=C(N)C1C=C=CCNN1C.CC.[HH]. The highest BCUT2D eigenvalue weighted by Crippen LogP contribution is 2.02. The van der Waals surface area contributed by atoms with E-state index < -0.39 is 0 Å². The molecule has 0 aliphatic carbocycles. The van der Waals surface area contributed by atoms with E-state index in [1.165, 1.54) is 0 Å². The van der Waals surface area contributed by atoms with Gasteiger partial charge in [0.15, 0.2) is 0 Å². The Morgan fingerprint density at radius 1 is 1.77 bits per heavy atom. The molecule has 3 heteroatoms. The van der Waals surface area contributed by atoms with Gasteiger partial charge in [0.05, 0.1) is 6.04 Å². The number of hydrogen-bond acceptors (Lipinski definition) is 3. The van der Waals surface area contributed by atoms with Crippen LogP contribution >= 0.6 is 0 Å². The van der Waals surface area contributed by atoms with Gasteiger partial charge in [-0.25, -0.2) is 5.01 Å². The van der Waals surface area contributed by atoms with Crippen LogP contribution in [0, 0.1) is 0 Å². The molecular weight excluding hydrogens is 162 g/mol. The number of hydrazine groups is 1. The lowest BCUT2D eigenvalue weighted by Crippen LogP contribution is -2.43. The van der Waals surface area contributed by atoms with Gasteiger partial charge in [-0.3, -0.25) is 5.43 Å². The molecule has 0 aromatic carbocycles. The van der Waals surface area contributed by atoms with Crippen LogP contribution in [0.3, 0.4) is 0 Å². The van der Waals surface area contributed by atoms with Crippen molar-refractivity contribution in [2.24, 2.45) is 5.73 Å². The summed E-state index contributed by atoms with van der Waals surface area (Å²) in [7, 11) is 1.93. The minimum Gasteiger partial charge on any atom is -0.401 e. The molecule has 13 heavy (non-hydrogen) atoms. The van der Waals surface area contributed by atoms with Crippen molar-refractivity contribution >= 4 is 0 Å². The molecule has 1 heterocycles. The Balaban J connectivity index is 0. The maximum absolute atomic E-state index is 5.57. The Morgan fingerprint density at radius 2 is 2.38 bits per heavy atom. The average molecular weight is 183 g/mol. The number of nitrogens with two attached hydrogens (primary N) is 1. The predicted octanol–water partition coefficient (Wildman–Crippen LogP) is 1.26. The van der Waals surface area contributed by atoms with Gasteiger partial charge in [-0.1, -0.05) is 20.4 Å². The lowest BCUT2D eigenvalue weighted by atomic mass is 10.2. The molecule has 0 aromatic rings. The van der Waals surface area contributed by atoms with Crippen LogP contribution in [-0.2, 0) is 0 Å². The maximum Gasteiger partial charge on any atom is 0.0882 e. The number of hydrogen-bond donors (Lipinski definition) is 2. The van der Waals surface area contributed by atoms with E-state index in [2.05, 4.69) is 17.7 Å². The summed E-state index contributed by atoms with van der Waals surface area (Å²) in [5.41, 5.74) is 12.3. The predicted molar refractivity (Wildman–Crippen MR) is 59.0 cm³/mol. The molecule has 76 valence electrons. The molecule has 0 saturated heterocycles. The minimum atomic E-state index is 0. The number of nitrogens with one attached hydrogen (secondary N) is 1. The molecule has 1 rings (SSSR count). The van der Waals surface area contributed by atoms with Crippen molar-refractivity contribution in [2.75, 3.05) is 13.6 Å². The summed E-state index contributed by atoms with van der Waals surface area (Å²) in [6.45, 7) is 8.47. The first-order valence-corrected chi connectivity index (χ1v) is 4.53. The number of nitrogens with zero attached hydrogens (tertiary/aromatic N) is 1. The Kier molecular flexibility index (Phi) is 5.98. The van der Waals surface area contributed by atoms with E-state index in [0.717, 1.165) is 6.54 Å². The summed E-state index contributed by atoms with van der Waals surface area (Å²) in [5, 5.41) is 1.92. The van der Waals surface area contributed by atoms with Crippen LogP contribution < -0.4 is 11.2 Å². The van der Waals surface area contributed by atoms with Gasteiger partial charge in [0.25, 0.3) is 0 Å². The molecule has 0 amide bonds. The molecule has 1 aliphatic rings. The lowest BCUT2D eigenvalue weighted by molar-refractivity contribution is 0.227. The third-order valence-corrected chi connectivity index (χ3v) is 1.61. The minimum absolute atomic E-state index is 0. The van der Waals surface area contributed by atoms with Crippen LogP contribution in [0.4, 0.5) is 0 Å². The van der Waals surface area contributed by atoms with Crippen LogP contribution in [0.1, 0.15) is 15.3 Å². The molecule has 0 fully saturated rings.